The molecule has 0 aromatic carbocycles. The van der Waals surface area contributed by atoms with Crippen LogP contribution in [0.3, 0.4) is 0 Å². The van der Waals surface area contributed by atoms with Crippen LogP contribution in [0, 0.1) is 5.95 Å². The fraction of sp³-hybridized carbons (Fsp3) is 0.444. The van der Waals surface area contributed by atoms with Gasteiger partial charge in [-0.25, -0.2) is 4.98 Å². The van der Waals surface area contributed by atoms with Crippen LogP contribution in [0.25, 0.3) is 0 Å². The molecule has 1 aromatic heterocycles. The van der Waals surface area contributed by atoms with Gasteiger partial charge in [-0.2, -0.15) is 16.2 Å². The van der Waals surface area contributed by atoms with Gasteiger partial charge in [0.1, 0.15) is 5.82 Å². The van der Waals surface area contributed by atoms with Gasteiger partial charge in [0.05, 0.1) is 0 Å². The Morgan fingerprint density at radius 2 is 2.08 bits per heavy atom. The van der Waals surface area contributed by atoms with Gasteiger partial charge in [0.15, 0.2) is 0 Å². The molecule has 0 amide bonds. The Morgan fingerprint density at radius 3 is 2.77 bits per heavy atom. The highest BCUT2D eigenvalue weighted by molar-refractivity contribution is 7.99. The first kappa shape index (κ1) is 8.81. The van der Waals surface area contributed by atoms with E-state index in [-0.39, 0.29) is 0 Å². The van der Waals surface area contributed by atoms with Crippen molar-refractivity contribution in [2.45, 2.75) is 0 Å². The van der Waals surface area contributed by atoms with Crippen molar-refractivity contribution in [3.05, 3.63) is 24.1 Å². The maximum atomic E-state index is 12.8. The summed E-state index contributed by atoms with van der Waals surface area (Å²) in [6.07, 6.45) is 0. The molecule has 1 aliphatic heterocycles. The lowest BCUT2D eigenvalue weighted by Gasteiger charge is -2.27. The number of anilines is 1. The maximum absolute atomic E-state index is 12.8. The third kappa shape index (κ3) is 2.12. The molecule has 0 atom stereocenters. The molecule has 1 fully saturated rings. The van der Waals surface area contributed by atoms with E-state index in [0.717, 1.165) is 30.4 Å². The lowest BCUT2D eigenvalue weighted by atomic mass is 10.4. The zero-order valence-corrected chi connectivity index (χ0v) is 8.06. The van der Waals surface area contributed by atoms with Crippen molar-refractivity contribution in [2.24, 2.45) is 0 Å². The van der Waals surface area contributed by atoms with E-state index in [4.69, 9.17) is 0 Å². The lowest BCUT2D eigenvalue weighted by Crippen LogP contribution is -2.33. The summed E-state index contributed by atoms with van der Waals surface area (Å²) in [5, 5.41) is 0. The van der Waals surface area contributed by atoms with Crippen molar-refractivity contribution < 1.29 is 4.39 Å². The van der Waals surface area contributed by atoms with Crippen LogP contribution in [-0.2, 0) is 0 Å². The Balaban J connectivity index is 2.14. The first-order valence-electron chi connectivity index (χ1n) is 4.31. The molecular weight excluding hydrogens is 187 g/mol. The molecule has 2 rings (SSSR count). The van der Waals surface area contributed by atoms with E-state index in [9.17, 15) is 4.39 Å². The largest absolute Gasteiger partial charge is 0.355 e. The number of pyridine rings is 1. The molecule has 0 aliphatic carbocycles. The SMILES string of the molecule is Fc1cccc(N2CCSCC2)n1. The number of rotatable bonds is 1. The molecule has 70 valence electrons. The van der Waals surface area contributed by atoms with Crippen LogP contribution in [0.2, 0.25) is 0 Å². The highest BCUT2D eigenvalue weighted by atomic mass is 32.2. The van der Waals surface area contributed by atoms with Gasteiger partial charge in [0.2, 0.25) is 5.95 Å². The van der Waals surface area contributed by atoms with Crippen LogP contribution in [0.4, 0.5) is 10.2 Å². The zero-order chi connectivity index (χ0) is 9.10. The topological polar surface area (TPSA) is 16.1 Å². The van der Waals surface area contributed by atoms with Gasteiger partial charge in [-0.3, -0.25) is 0 Å². The Hall–Kier alpha value is -0.770. The normalized spacial score (nSPS) is 17.5. The minimum atomic E-state index is -0.393. The first-order chi connectivity index (χ1) is 6.36. The molecule has 0 unspecified atom stereocenters. The van der Waals surface area contributed by atoms with Crippen molar-refractivity contribution in [3.8, 4) is 0 Å². The third-order valence-corrected chi connectivity index (χ3v) is 2.98. The summed E-state index contributed by atoms with van der Waals surface area (Å²) in [6.45, 7) is 1.95. The molecule has 0 radical (unpaired) electrons. The highest BCUT2D eigenvalue weighted by Gasteiger charge is 2.11. The smallest absolute Gasteiger partial charge is 0.214 e. The van der Waals surface area contributed by atoms with Gasteiger partial charge in [0, 0.05) is 24.6 Å². The minimum Gasteiger partial charge on any atom is -0.355 e. The molecule has 2 nitrogen and oxygen atoms in total. The van der Waals surface area contributed by atoms with E-state index in [1.54, 1.807) is 6.07 Å². The van der Waals surface area contributed by atoms with Crippen LogP contribution < -0.4 is 4.90 Å². The number of halogens is 1. The van der Waals surface area contributed by atoms with E-state index in [1.807, 2.05) is 17.8 Å². The number of nitrogens with zero attached hydrogens (tertiary/aromatic N) is 2. The number of hydrogen-bond donors (Lipinski definition) is 0. The lowest BCUT2D eigenvalue weighted by molar-refractivity contribution is 0.581. The Kier molecular flexibility index (Phi) is 2.68. The van der Waals surface area contributed by atoms with E-state index in [0.29, 0.717) is 0 Å². The summed E-state index contributed by atoms with van der Waals surface area (Å²) < 4.78 is 12.8. The van der Waals surface area contributed by atoms with Crippen molar-refractivity contribution in [2.75, 3.05) is 29.5 Å². The molecule has 4 heteroatoms. The van der Waals surface area contributed by atoms with Crippen LogP contribution in [0.15, 0.2) is 18.2 Å². The molecule has 1 aliphatic rings. The molecule has 0 spiro atoms. The van der Waals surface area contributed by atoms with Gasteiger partial charge in [-0.15, -0.1) is 0 Å². The highest BCUT2D eigenvalue weighted by Crippen LogP contribution is 2.16. The monoisotopic (exact) mass is 198 g/mol. The molecule has 1 saturated heterocycles. The summed E-state index contributed by atoms with van der Waals surface area (Å²) in [4.78, 5) is 5.97. The predicted octanol–water partition coefficient (Wildman–Crippen LogP) is 1.77. The number of thioether (sulfide) groups is 1. The minimum absolute atomic E-state index is 0.393. The molecule has 0 N–H and O–H groups in total. The molecule has 13 heavy (non-hydrogen) atoms. The summed E-state index contributed by atoms with van der Waals surface area (Å²) in [7, 11) is 0. The van der Waals surface area contributed by atoms with E-state index in [1.165, 1.54) is 6.07 Å². The third-order valence-electron chi connectivity index (χ3n) is 2.04. The molecule has 2 heterocycles. The van der Waals surface area contributed by atoms with E-state index in [2.05, 4.69) is 9.88 Å². The average molecular weight is 198 g/mol. The van der Waals surface area contributed by atoms with E-state index >= 15 is 0 Å². The van der Waals surface area contributed by atoms with Crippen LogP contribution in [0.1, 0.15) is 0 Å². The van der Waals surface area contributed by atoms with Gasteiger partial charge in [-0.05, 0) is 12.1 Å². The van der Waals surface area contributed by atoms with Gasteiger partial charge in [0.25, 0.3) is 0 Å². The summed E-state index contributed by atoms with van der Waals surface area (Å²) >= 11 is 1.93. The van der Waals surface area contributed by atoms with Crippen molar-refractivity contribution in [1.29, 1.82) is 0 Å². The second kappa shape index (κ2) is 3.96. The van der Waals surface area contributed by atoms with Gasteiger partial charge < -0.3 is 4.90 Å². The maximum Gasteiger partial charge on any atom is 0.214 e. The molecule has 0 saturated carbocycles. The second-order valence-corrected chi connectivity index (χ2v) is 4.14. The quantitative estimate of drug-likeness (QED) is 0.640. The van der Waals surface area contributed by atoms with Crippen molar-refractivity contribution in [1.82, 2.24) is 4.98 Å². The fourth-order valence-corrected chi connectivity index (χ4v) is 2.27. The standard InChI is InChI=1S/C9H11FN2S/c10-8-2-1-3-9(11-8)12-4-6-13-7-5-12/h1-3H,4-7H2. The summed E-state index contributed by atoms with van der Waals surface area (Å²) in [6, 6.07) is 4.95. The molecular formula is C9H11FN2S. The first-order valence-corrected chi connectivity index (χ1v) is 5.47. The van der Waals surface area contributed by atoms with Crippen LogP contribution >= 0.6 is 11.8 Å². The Labute approximate surface area is 81.2 Å². The Morgan fingerprint density at radius 1 is 1.31 bits per heavy atom. The number of aromatic nitrogens is 1. The fourth-order valence-electron chi connectivity index (χ4n) is 1.37. The van der Waals surface area contributed by atoms with Crippen molar-refractivity contribution in [3.63, 3.8) is 0 Å². The molecule has 1 aromatic rings. The van der Waals surface area contributed by atoms with Gasteiger partial charge in [-0.1, -0.05) is 6.07 Å². The average Bonchev–Trinajstić information content (AvgIpc) is 2.19. The van der Waals surface area contributed by atoms with Crippen LogP contribution in [0.5, 0.6) is 0 Å². The predicted molar refractivity (Wildman–Crippen MR) is 53.7 cm³/mol. The summed E-state index contributed by atoms with van der Waals surface area (Å²) in [5.74, 6) is 2.59. The number of hydrogen-bond acceptors (Lipinski definition) is 3. The van der Waals surface area contributed by atoms with Crippen molar-refractivity contribution >= 4 is 17.6 Å². The van der Waals surface area contributed by atoms with Crippen LogP contribution in [-0.4, -0.2) is 29.6 Å². The second-order valence-electron chi connectivity index (χ2n) is 2.92. The Bertz CT molecular complexity index is 287. The molecule has 0 bridgehead atoms. The van der Waals surface area contributed by atoms with Gasteiger partial charge >= 0.3 is 0 Å². The zero-order valence-electron chi connectivity index (χ0n) is 7.24. The summed E-state index contributed by atoms with van der Waals surface area (Å²) in [5.41, 5.74) is 0. The van der Waals surface area contributed by atoms with E-state index < -0.39 is 5.95 Å².